The van der Waals surface area contributed by atoms with Crippen LogP contribution in [-0.4, -0.2) is 19.3 Å². The fourth-order valence-corrected chi connectivity index (χ4v) is 2.67. The lowest BCUT2D eigenvalue weighted by molar-refractivity contribution is -0.232. The lowest BCUT2D eigenvalue weighted by Gasteiger charge is -2.29. The fourth-order valence-electron chi connectivity index (χ4n) is 2.25. The van der Waals surface area contributed by atoms with E-state index in [-0.39, 0.29) is 24.8 Å². The SMILES string of the molecule is Fc1ccccc1CO[C@H]1CO[C@@H](c2cccc(Br)c2)OC1. The monoisotopic (exact) mass is 366 g/mol. The lowest BCUT2D eigenvalue weighted by Crippen LogP contribution is -2.33. The summed E-state index contributed by atoms with van der Waals surface area (Å²) in [5.74, 6) is -0.257. The molecule has 2 aromatic rings. The Hall–Kier alpha value is -1.27. The number of hydrogen-bond donors (Lipinski definition) is 0. The third-order valence-corrected chi connectivity index (χ3v) is 3.91. The van der Waals surface area contributed by atoms with Crippen LogP contribution in [-0.2, 0) is 20.8 Å². The molecule has 0 amide bonds. The number of rotatable bonds is 4. The Kier molecular flexibility index (Phi) is 5.20. The molecule has 0 spiro atoms. The van der Waals surface area contributed by atoms with E-state index >= 15 is 0 Å². The first kappa shape index (κ1) is 15.6. The van der Waals surface area contributed by atoms with Gasteiger partial charge in [-0.2, -0.15) is 0 Å². The number of hydrogen-bond acceptors (Lipinski definition) is 3. The second kappa shape index (κ2) is 7.33. The van der Waals surface area contributed by atoms with Gasteiger partial charge in [0, 0.05) is 15.6 Å². The highest BCUT2D eigenvalue weighted by molar-refractivity contribution is 9.10. The number of benzene rings is 2. The van der Waals surface area contributed by atoms with E-state index in [0.29, 0.717) is 18.8 Å². The third kappa shape index (κ3) is 3.93. The Labute approximate surface area is 137 Å². The largest absolute Gasteiger partial charge is 0.369 e. The molecule has 0 N–H and O–H groups in total. The van der Waals surface area contributed by atoms with E-state index in [2.05, 4.69) is 15.9 Å². The van der Waals surface area contributed by atoms with Gasteiger partial charge in [0.15, 0.2) is 6.29 Å². The summed E-state index contributed by atoms with van der Waals surface area (Å²) in [6.07, 6.45) is -0.575. The van der Waals surface area contributed by atoms with Crippen molar-refractivity contribution in [2.24, 2.45) is 0 Å². The maximum Gasteiger partial charge on any atom is 0.184 e. The van der Waals surface area contributed by atoms with E-state index in [4.69, 9.17) is 14.2 Å². The standard InChI is InChI=1S/C17H16BrFO3/c18-14-6-3-5-12(8-14)17-21-10-15(11-22-17)20-9-13-4-1-2-7-16(13)19/h1-8,15,17H,9-11H2/t15-,17+. The molecule has 1 saturated heterocycles. The first-order valence-electron chi connectivity index (χ1n) is 7.06. The molecule has 1 fully saturated rings. The van der Waals surface area contributed by atoms with Crippen LogP contribution in [0.5, 0.6) is 0 Å². The molecule has 116 valence electrons. The van der Waals surface area contributed by atoms with Crippen molar-refractivity contribution in [2.45, 2.75) is 19.0 Å². The van der Waals surface area contributed by atoms with Crippen molar-refractivity contribution in [3.63, 3.8) is 0 Å². The van der Waals surface area contributed by atoms with Gasteiger partial charge in [-0.15, -0.1) is 0 Å². The molecule has 2 aromatic carbocycles. The van der Waals surface area contributed by atoms with Crippen LogP contribution in [0.1, 0.15) is 17.4 Å². The molecule has 3 nitrogen and oxygen atoms in total. The Balaban J connectivity index is 1.51. The lowest BCUT2D eigenvalue weighted by atomic mass is 10.2. The van der Waals surface area contributed by atoms with Gasteiger partial charge in [0.05, 0.1) is 19.8 Å². The average molecular weight is 367 g/mol. The van der Waals surface area contributed by atoms with Gasteiger partial charge in [-0.05, 0) is 18.2 Å². The second-order valence-corrected chi connectivity index (χ2v) is 5.99. The molecule has 1 aliphatic rings. The van der Waals surface area contributed by atoms with E-state index in [0.717, 1.165) is 10.0 Å². The minimum atomic E-state index is -0.384. The van der Waals surface area contributed by atoms with Crippen LogP contribution < -0.4 is 0 Å². The Morgan fingerprint density at radius 3 is 2.59 bits per heavy atom. The summed E-state index contributed by atoms with van der Waals surface area (Å²) in [7, 11) is 0. The van der Waals surface area contributed by atoms with Gasteiger partial charge in [-0.3, -0.25) is 0 Å². The fraction of sp³-hybridized carbons (Fsp3) is 0.294. The van der Waals surface area contributed by atoms with Gasteiger partial charge < -0.3 is 14.2 Å². The van der Waals surface area contributed by atoms with E-state index in [1.165, 1.54) is 6.07 Å². The first-order valence-corrected chi connectivity index (χ1v) is 7.85. The van der Waals surface area contributed by atoms with Crippen molar-refractivity contribution in [3.05, 3.63) is 69.9 Å². The van der Waals surface area contributed by atoms with E-state index < -0.39 is 0 Å². The van der Waals surface area contributed by atoms with Crippen molar-refractivity contribution in [3.8, 4) is 0 Å². The molecule has 1 aliphatic heterocycles. The Bertz CT molecular complexity index is 627. The Morgan fingerprint density at radius 1 is 1.09 bits per heavy atom. The van der Waals surface area contributed by atoms with E-state index in [1.54, 1.807) is 18.2 Å². The molecule has 0 atom stereocenters. The molecule has 0 aliphatic carbocycles. The highest BCUT2D eigenvalue weighted by atomic mass is 79.9. The maximum atomic E-state index is 13.5. The highest BCUT2D eigenvalue weighted by Gasteiger charge is 2.24. The smallest absolute Gasteiger partial charge is 0.184 e. The first-order chi connectivity index (χ1) is 10.7. The summed E-state index contributed by atoms with van der Waals surface area (Å²) in [5.41, 5.74) is 1.50. The predicted octanol–water partition coefficient (Wildman–Crippen LogP) is 4.22. The zero-order valence-corrected chi connectivity index (χ0v) is 13.5. The Morgan fingerprint density at radius 2 is 1.86 bits per heavy atom. The van der Waals surface area contributed by atoms with Crippen molar-refractivity contribution in [2.75, 3.05) is 13.2 Å². The van der Waals surface area contributed by atoms with Crippen LogP contribution in [0.25, 0.3) is 0 Å². The van der Waals surface area contributed by atoms with E-state index in [9.17, 15) is 4.39 Å². The molecule has 5 heteroatoms. The molecular weight excluding hydrogens is 351 g/mol. The summed E-state index contributed by atoms with van der Waals surface area (Å²) >= 11 is 3.43. The van der Waals surface area contributed by atoms with Crippen LogP contribution >= 0.6 is 15.9 Å². The topological polar surface area (TPSA) is 27.7 Å². The summed E-state index contributed by atoms with van der Waals surface area (Å²) in [4.78, 5) is 0. The van der Waals surface area contributed by atoms with Crippen molar-refractivity contribution < 1.29 is 18.6 Å². The molecule has 0 saturated carbocycles. The van der Waals surface area contributed by atoms with Gasteiger partial charge in [-0.25, -0.2) is 4.39 Å². The molecule has 0 aromatic heterocycles. The number of ether oxygens (including phenoxy) is 3. The van der Waals surface area contributed by atoms with Gasteiger partial charge in [-0.1, -0.05) is 46.3 Å². The van der Waals surface area contributed by atoms with Crippen LogP contribution in [0.2, 0.25) is 0 Å². The molecular formula is C17H16BrFO3. The van der Waals surface area contributed by atoms with E-state index in [1.807, 2.05) is 24.3 Å². The normalized spacial score (nSPS) is 21.7. The minimum Gasteiger partial charge on any atom is -0.369 e. The zero-order valence-electron chi connectivity index (χ0n) is 11.9. The van der Waals surface area contributed by atoms with Crippen molar-refractivity contribution in [1.29, 1.82) is 0 Å². The second-order valence-electron chi connectivity index (χ2n) is 5.08. The van der Waals surface area contributed by atoms with Crippen LogP contribution in [0.15, 0.2) is 53.0 Å². The van der Waals surface area contributed by atoms with Gasteiger partial charge in [0.1, 0.15) is 11.9 Å². The summed E-state index contributed by atoms with van der Waals surface area (Å²) in [6, 6.07) is 14.4. The molecule has 0 radical (unpaired) electrons. The molecule has 22 heavy (non-hydrogen) atoms. The molecule has 1 heterocycles. The minimum absolute atomic E-state index is 0.192. The zero-order chi connectivity index (χ0) is 15.4. The van der Waals surface area contributed by atoms with Crippen LogP contribution in [0.4, 0.5) is 4.39 Å². The van der Waals surface area contributed by atoms with Crippen LogP contribution in [0.3, 0.4) is 0 Å². The highest BCUT2D eigenvalue weighted by Crippen LogP contribution is 2.26. The van der Waals surface area contributed by atoms with Gasteiger partial charge in [0.25, 0.3) is 0 Å². The third-order valence-electron chi connectivity index (χ3n) is 3.42. The van der Waals surface area contributed by atoms with Crippen LogP contribution in [0, 0.1) is 5.82 Å². The molecule has 3 rings (SSSR count). The molecule has 0 unspecified atom stereocenters. The average Bonchev–Trinajstić information content (AvgIpc) is 2.55. The summed E-state index contributed by atoms with van der Waals surface area (Å²) in [6.45, 7) is 1.06. The predicted molar refractivity (Wildman–Crippen MR) is 83.8 cm³/mol. The number of halogens is 2. The summed E-state index contributed by atoms with van der Waals surface area (Å²) in [5, 5.41) is 0. The quantitative estimate of drug-likeness (QED) is 0.810. The van der Waals surface area contributed by atoms with Crippen molar-refractivity contribution in [1.82, 2.24) is 0 Å². The summed E-state index contributed by atoms with van der Waals surface area (Å²) < 4.78 is 31.5. The van der Waals surface area contributed by atoms with Gasteiger partial charge in [0.2, 0.25) is 0 Å². The molecule has 0 bridgehead atoms. The van der Waals surface area contributed by atoms with Crippen molar-refractivity contribution >= 4 is 15.9 Å². The maximum absolute atomic E-state index is 13.5. The van der Waals surface area contributed by atoms with Gasteiger partial charge >= 0.3 is 0 Å².